The van der Waals surface area contributed by atoms with Gasteiger partial charge >= 0.3 is 5.97 Å². The summed E-state index contributed by atoms with van der Waals surface area (Å²) in [6, 6.07) is 2.84. The standard InChI is InChI=1S/C8H8FNO2/c1-12-8(11)6-2-3-10-7(4-6)5-9/h2-4H,5H2,1H3. The van der Waals surface area contributed by atoms with Crippen molar-refractivity contribution in [1.29, 1.82) is 0 Å². The van der Waals surface area contributed by atoms with Gasteiger partial charge in [-0.05, 0) is 12.1 Å². The van der Waals surface area contributed by atoms with Crippen molar-refractivity contribution in [2.45, 2.75) is 6.67 Å². The highest BCUT2D eigenvalue weighted by Crippen LogP contribution is 2.04. The number of rotatable bonds is 2. The minimum absolute atomic E-state index is 0.234. The highest BCUT2D eigenvalue weighted by atomic mass is 19.1. The van der Waals surface area contributed by atoms with Crippen LogP contribution in [0.3, 0.4) is 0 Å². The highest BCUT2D eigenvalue weighted by Gasteiger charge is 2.05. The van der Waals surface area contributed by atoms with Crippen LogP contribution in [0.25, 0.3) is 0 Å². The number of aromatic nitrogens is 1. The van der Waals surface area contributed by atoms with Gasteiger partial charge in [0.25, 0.3) is 0 Å². The number of ether oxygens (including phenoxy) is 1. The number of carbonyl (C=O) groups is 1. The van der Waals surface area contributed by atoms with Crippen LogP contribution in [0, 0.1) is 0 Å². The molecule has 0 bridgehead atoms. The summed E-state index contributed by atoms with van der Waals surface area (Å²) in [6.45, 7) is -0.676. The van der Waals surface area contributed by atoms with E-state index in [0.29, 0.717) is 5.56 Å². The second kappa shape index (κ2) is 3.80. The first-order valence-corrected chi connectivity index (χ1v) is 3.37. The van der Waals surface area contributed by atoms with Gasteiger partial charge in [-0.1, -0.05) is 0 Å². The number of hydrogen-bond acceptors (Lipinski definition) is 3. The first-order valence-electron chi connectivity index (χ1n) is 3.37. The zero-order valence-corrected chi connectivity index (χ0v) is 6.58. The van der Waals surface area contributed by atoms with Crippen molar-refractivity contribution in [3.63, 3.8) is 0 Å². The molecule has 0 saturated carbocycles. The first kappa shape index (κ1) is 8.64. The van der Waals surface area contributed by atoms with Crippen molar-refractivity contribution in [2.24, 2.45) is 0 Å². The predicted octanol–water partition coefficient (Wildman–Crippen LogP) is 1.34. The predicted molar refractivity (Wildman–Crippen MR) is 40.4 cm³/mol. The Labute approximate surface area is 69.2 Å². The third-order valence-electron chi connectivity index (χ3n) is 1.37. The molecule has 0 spiro atoms. The van der Waals surface area contributed by atoms with E-state index >= 15 is 0 Å². The van der Waals surface area contributed by atoms with Gasteiger partial charge in [0.1, 0.15) is 6.67 Å². The normalized spacial score (nSPS) is 9.50. The summed E-state index contributed by atoms with van der Waals surface area (Å²) in [7, 11) is 1.28. The lowest BCUT2D eigenvalue weighted by molar-refractivity contribution is 0.0600. The molecular formula is C8H8FNO2. The summed E-state index contributed by atoms with van der Waals surface area (Å²) >= 11 is 0. The smallest absolute Gasteiger partial charge is 0.337 e. The topological polar surface area (TPSA) is 39.2 Å². The lowest BCUT2D eigenvalue weighted by atomic mass is 10.2. The molecule has 3 nitrogen and oxygen atoms in total. The van der Waals surface area contributed by atoms with Crippen LogP contribution in [-0.4, -0.2) is 18.1 Å². The Balaban J connectivity index is 2.93. The molecule has 1 rings (SSSR count). The van der Waals surface area contributed by atoms with Crippen LogP contribution in [-0.2, 0) is 11.4 Å². The Hall–Kier alpha value is -1.45. The molecule has 0 radical (unpaired) electrons. The number of halogens is 1. The Morgan fingerprint density at radius 3 is 3.08 bits per heavy atom. The van der Waals surface area contributed by atoms with Crippen molar-refractivity contribution in [1.82, 2.24) is 4.98 Å². The van der Waals surface area contributed by atoms with Crippen molar-refractivity contribution < 1.29 is 13.9 Å². The molecule has 0 aliphatic heterocycles. The van der Waals surface area contributed by atoms with Crippen LogP contribution in [0.2, 0.25) is 0 Å². The fourth-order valence-corrected chi connectivity index (χ4v) is 0.796. The molecule has 64 valence electrons. The lowest BCUT2D eigenvalue weighted by Crippen LogP contribution is -2.02. The van der Waals surface area contributed by atoms with Crippen molar-refractivity contribution in [2.75, 3.05) is 7.11 Å². The number of hydrogen-bond donors (Lipinski definition) is 0. The van der Waals surface area contributed by atoms with Gasteiger partial charge in [0, 0.05) is 6.20 Å². The number of esters is 1. The fourth-order valence-electron chi connectivity index (χ4n) is 0.796. The van der Waals surface area contributed by atoms with Gasteiger partial charge in [0.05, 0.1) is 18.4 Å². The summed E-state index contributed by atoms with van der Waals surface area (Å²) in [4.78, 5) is 14.6. The monoisotopic (exact) mass is 169 g/mol. The zero-order chi connectivity index (χ0) is 8.97. The van der Waals surface area contributed by atoms with Gasteiger partial charge in [0.15, 0.2) is 0 Å². The van der Waals surface area contributed by atoms with Crippen LogP contribution in [0.15, 0.2) is 18.3 Å². The van der Waals surface area contributed by atoms with E-state index in [1.807, 2.05) is 0 Å². The molecule has 0 aliphatic rings. The van der Waals surface area contributed by atoms with E-state index in [-0.39, 0.29) is 5.69 Å². The molecule has 0 aromatic carbocycles. The van der Waals surface area contributed by atoms with Crippen molar-refractivity contribution in [3.8, 4) is 0 Å². The maximum absolute atomic E-state index is 12.1. The minimum atomic E-state index is -0.676. The summed E-state index contributed by atoms with van der Waals surface area (Å²) in [5.41, 5.74) is 0.554. The lowest BCUT2D eigenvalue weighted by Gasteiger charge is -1.98. The number of pyridine rings is 1. The third-order valence-corrected chi connectivity index (χ3v) is 1.37. The number of alkyl halides is 1. The first-order chi connectivity index (χ1) is 5.77. The van der Waals surface area contributed by atoms with Gasteiger partial charge in [-0.15, -0.1) is 0 Å². The fraction of sp³-hybridized carbons (Fsp3) is 0.250. The second-order valence-corrected chi connectivity index (χ2v) is 2.16. The summed E-state index contributed by atoms with van der Waals surface area (Å²) in [6.07, 6.45) is 1.38. The Morgan fingerprint density at radius 2 is 2.50 bits per heavy atom. The Bertz CT molecular complexity index is 288. The molecule has 0 amide bonds. The van der Waals surface area contributed by atoms with Crippen molar-refractivity contribution >= 4 is 5.97 Å². The summed E-state index contributed by atoms with van der Waals surface area (Å²) in [5.74, 6) is -0.480. The molecule has 1 aromatic heterocycles. The number of methoxy groups -OCH3 is 1. The van der Waals surface area contributed by atoms with E-state index in [1.165, 1.54) is 25.4 Å². The van der Waals surface area contributed by atoms with E-state index in [0.717, 1.165) is 0 Å². The van der Waals surface area contributed by atoms with E-state index in [1.54, 1.807) is 0 Å². The van der Waals surface area contributed by atoms with E-state index in [9.17, 15) is 9.18 Å². The van der Waals surface area contributed by atoms with E-state index < -0.39 is 12.6 Å². The second-order valence-electron chi connectivity index (χ2n) is 2.16. The SMILES string of the molecule is COC(=O)c1ccnc(CF)c1. The number of nitrogens with zero attached hydrogens (tertiary/aromatic N) is 1. The molecule has 0 unspecified atom stereocenters. The quantitative estimate of drug-likeness (QED) is 0.627. The molecule has 1 aromatic rings. The maximum atomic E-state index is 12.1. The van der Waals surface area contributed by atoms with Gasteiger partial charge in [-0.2, -0.15) is 0 Å². The largest absolute Gasteiger partial charge is 0.465 e. The average Bonchev–Trinajstić information content (AvgIpc) is 2.17. The molecule has 0 N–H and O–H groups in total. The van der Waals surface area contributed by atoms with Gasteiger partial charge in [-0.25, -0.2) is 9.18 Å². The Morgan fingerprint density at radius 1 is 1.75 bits per heavy atom. The molecule has 0 aliphatic carbocycles. The molecular weight excluding hydrogens is 161 g/mol. The third kappa shape index (κ3) is 1.78. The molecule has 12 heavy (non-hydrogen) atoms. The molecule has 0 atom stereocenters. The van der Waals surface area contributed by atoms with Crippen LogP contribution in [0.5, 0.6) is 0 Å². The van der Waals surface area contributed by atoms with Crippen LogP contribution >= 0.6 is 0 Å². The van der Waals surface area contributed by atoms with Crippen LogP contribution in [0.4, 0.5) is 4.39 Å². The molecule has 4 heteroatoms. The minimum Gasteiger partial charge on any atom is -0.465 e. The van der Waals surface area contributed by atoms with Gasteiger partial charge < -0.3 is 4.74 Å². The van der Waals surface area contributed by atoms with Gasteiger partial charge in [-0.3, -0.25) is 4.98 Å². The van der Waals surface area contributed by atoms with Crippen molar-refractivity contribution in [3.05, 3.63) is 29.6 Å². The van der Waals surface area contributed by atoms with E-state index in [2.05, 4.69) is 9.72 Å². The average molecular weight is 169 g/mol. The number of carbonyl (C=O) groups excluding carboxylic acids is 1. The van der Waals surface area contributed by atoms with Gasteiger partial charge in [0.2, 0.25) is 0 Å². The molecule has 0 saturated heterocycles. The highest BCUT2D eigenvalue weighted by molar-refractivity contribution is 5.89. The Kier molecular flexibility index (Phi) is 2.74. The molecule has 0 fully saturated rings. The zero-order valence-electron chi connectivity index (χ0n) is 6.58. The molecule has 1 heterocycles. The van der Waals surface area contributed by atoms with E-state index in [4.69, 9.17) is 0 Å². The summed E-state index contributed by atoms with van der Waals surface area (Å²) in [5, 5.41) is 0. The van der Waals surface area contributed by atoms with Crippen LogP contribution in [0.1, 0.15) is 16.1 Å². The summed E-state index contributed by atoms with van der Waals surface area (Å²) < 4.78 is 16.5. The van der Waals surface area contributed by atoms with Crippen LogP contribution < -0.4 is 0 Å². The maximum Gasteiger partial charge on any atom is 0.337 e.